The highest BCUT2D eigenvalue weighted by molar-refractivity contribution is 7.11. The molecule has 108 valence electrons. The van der Waals surface area contributed by atoms with Crippen LogP contribution in [0.5, 0.6) is 0 Å². The maximum absolute atomic E-state index is 4.54. The Balaban J connectivity index is 0.00000133. The number of aromatic nitrogens is 1. The van der Waals surface area contributed by atoms with Crippen molar-refractivity contribution in [2.75, 3.05) is 26.2 Å². The summed E-state index contributed by atoms with van der Waals surface area (Å²) in [4.78, 5) is 8.65. The third-order valence-corrected chi connectivity index (χ3v) is 5.61. The molecule has 0 aliphatic carbocycles. The topological polar surface area (TPSA) is 28.2 Å². The van der Waals surface area contributed by atoms with E-state index in [-0.39, 0.29) is 12.4 Å². The van der Waals surface area contributed by atoms with Crippen LogP contribution in [0.25, 0.3) is 0 Å². The minimum Gasteiger partial charge on any atom is -0.317 e. The number of halogens is 1. The minimum absolute atomic E-state index is 0. The number of nitrogens with zero attached hydrogens (tertiary/aromatic N) is 2. The van der Waals surface area contributed by atoms with Crippen molar-refractivity contribution in [3.05, 3.63) is 15.6 Å². The quantitative estimate of drug-likeness (QED) is 0.910. The second kappa shape index (κ2) is 6.08. The van der Waals surface area contributed by atoms with Gasteiger partial charge in [-0.05, 0) is 58.2 Å². The molecule has 1 aromatic rings. The molecule has 3 rings (SSSR count). The number of rotatable bonds is 2. The smallest absolute Gasteiger partial charge is 0.0900 e. The summed E-state index contributed by atoms with van der Waals surface area (Å²) in [6.45, 7) is 10.4. The number of nitrogens with one attached hydrogen (secondary N) is 1. The van der Waals surface area contributed by atoms with Crippen LogP contribution in [0.15, 0.2) is 0 Å². The molecular weight excluding hydrogens is 278 g/mol. The first kappa shape index (κ1) is 15.2. The van der Waals surface area contributed by atoms with E-state index in [0.717, 1.165) is 6.54 Å². The van der Waals surface area contributed by atoms with Crippen molar-refractivity contribution in [3.8, 4) is 0 Å². The van der Waals surface area contributed by atoms with Gasteiger partial charge < -0.3 is 5.32 Å². The third kappa shape index (κ3) is 3.30. The lowest BCUT2D eigenvalue weighted by Crippen LogP contribution is -2.38. The molecule has 19 heavy (non-hydrogen) atoms. The molecule has 2 aliphatic heterocycles. The van der Waals surface area contributed by atoms with Gasteiger partial charge in [0.25, 0.3) is 0 Å². The Morgan fingerprint density at radius 1 is 1.26 bits per heavy atom. The highest BCUT2D eigenvalue weighted by Crippen LogP contribution is 2.39. The van der Waals surface area contributed by atoms with Crippen LogP contribution in [-0.2, 0) is 6.54 Å². The lowest BCUT2D eigenvalue weighted by atomic mass is 9.78. The van der Waals surface area contributed by atoms with Crippen molar-refractivity contribution >= 4 is 23.7 Å². The van der Waals surface area contributed by atoms with Crippen LogP contribution in [0.3, 0.4) is 0 Å². The van der Waals surface area contributed by atoms with Crippen molar-refractivity contribution in [1.82, 2.24) is 15.2 Å². The summed E-state index contributed by atoms with van der Waals surface area (Å²) < 4.78 is 0. The second-order valence-corrected chi connectivity index (χ2v) is 7.24. The molecule has 1 N–H and O–H groups in total. The van der Waals surface area contributed by atoms with Crippen LogP contribution in [0.2, 0.25) is 0 Å². The molecule has 3 nitrogen and oxygen atoms in total. The van der Waals surface area contributed by atoms with Crippen molar-refractivity contribution in [3.63, 3.8) is 0 Å². The first-order chi connectivity index (χ1) is 8.67. The molecular formula is C14H24ClN3S. The van der Waals surface area contributed by atoms with E-state index in [9.17, 15) is 0 Å². The van der Waals surface area contributed by atoms with Gasteiger partial charge in [-0.1, -0.05) is 0 Å². The number of piperidine rings is 1. The van der Waals surface area contributed by atoms with Crippen LogP contribution in [0, 0.1) is 19.3 Å². The summed E-state index contributed by atoms with van der Waals surface area (Å²) in [5.41, 5.74) is 1.86. The van der Waals surface area contributed by atoms with Gasteiger partial charge >= 0.3 is 0 Å². The van der Waals surface area contributed by atoms with Gasteiger partial charge in [0.05, 0.1) is 10.7 Å². The molecule has 0 atom stereocenters. The van der Waals surface area contributed by atoms with Gasteiger partial charge in [-0.15, -0.1) is 23.7 Å². The van der Waals surface area contributed by atoms with E-state index < -0.39 is 0 Å². The Morgan fingerprint density at radius 2 is 2.00 bits per heavy atom. The van der Waals surface area contributed by atoms with Crippen LogP contribution in [-0.4, -0.2) is 36.1 Å². The van der Waals surface area contributed by atoms with E-state index in [1.165, 1.54) is 61.0 Å². The Hall–Kier alpha value is -0.160. The van der Waals surface area contributed by atoms with Gasteiger partial charge in [-0.3, -0.25) is 4.90 Å². The molecule has 0 unspecified atom stereocenters. The zero-order chi connectivity index (χ0) is 12.6. The maximum Gasteiger partial charge on any atom is 0.0900 e. The number of aryl methyl sites for hydroxylation is 2. The molecule has 1 aromatic heterocycles. The van der Waals surface area contributed by atoms with E-state index in [1.807, 2.05) is 11.3 Å². The zero-order valence-corrected chi connectivity index (χ0v) is 13.5. The lowest BCUT2D eigenvalue weighted by molar-refractivity contribution is 0.194. The van der Waals surface area contributed by atoms with Crippen LogP contribution in [0.4, 0.5) is 0 Å². The van der Waals surface area contributed by atoms with Crippen molar-refractivity contribution in [2.45, 2.75) is 39.7 Å². The van der Waals surface area contributed by atoms with Gasteiger partial charge in [0.15, 0.2) is 0 Å². The molecule has 2 fully saturated rings. The molecule has 1 spiro atoms. The van der Waals surface area contributed by atoms with Crippen molar-refractivity contribution in [1.29, 1.82) is 0 Å². The summed E-state index contributed by atoms with van der Waals surface area (Å²) in [5.74, 6) is 0. The zero-order valence-electron chi connectivity index (χ0n) is 11.9. The van der Waals surface area contributed by atoms with E-state index in [4.69, 9.17) is 0 Å². The summed E-state index contributed by atoms with van der Waals surface area (Å²) in [6.07, 6.45) is 4.12. The average molecular weight is 302 g/mol. The minimum atomic E-state index is 0. The van der Waals surface area contributed by atoms with Crippen molar-refractivity contribution < 1.29 is 0 Å². The molecule has 5 heteroatoms. The van der Waals surface area contributed by atoms with Gasteiger partial charge in [0.1, 0.15) is 0 Å². The Bertz CT molecular complexity index is 426. The number of thiazole rings is 1. The summed E-state index contributed by atoms with van der Waals surface area (Å²) in [6, 6.07) is 0. The standard InChI is InChI=1S/C14H23N3S.ClH/c1-11-13(18-12(2)16-11)9-17-8-5-14(10-17)3-6-15-7-4-14;/h15H,3-10H2,1-2H3;1H. The van der Waals surface area contributed by atoms with E-state index in [1.54, 1.807) is 0 Å². The maximum atomic E-state index is 4.54. The Morgan fingerprint density at radius 3 is 2.63 bits per heavy atom. The molecule has 2 saturated heterocycles. The molecule has 0 amide bonds. The number of hydrogen-bond donors (Lipinski definition) is 1. The molecule has 3 heterocycles. The normalized spacial score (nSPS) is 22.6. The largest absolute Gasteiger partial charge is 0.317 e. The lowest BCUT2D eigenvalue weighted by Gasteiger charge is -2.33. The monoisotopic (exact) mass is 301 g/mol. The SMILES string of the molecule is Cc1nc(C)c(CN2CCC3(CCNCC3)C2)s1.Cl. The predicted molar refractivity (Wildman–Crippen MR) is 83.3 cm³/mol. The highest BCUT2D eigenvalue weighted by atomic mass is 35.5. The van der Waals surface area contributed by atoms with E-state index in [0.29, 0.717) is 5.41 Å². The van der Waals surface area contributed by atoms with Crippen molar-refractivity contribution in [2.24, 2.45) is 5.41 Å². The van der Waals surface area contributed by atoms with Gasteiger partial charge in [-0.25, -0.2) is 4.98 Å². The molecule has 0 radical (unpaired) electrons. The summed E-state index contributed by atoms with van der Waals surface area (Å²) >= 11 is 1.87. The number of hydrogen-bond acceptors (Lipinski definition) is 4. The first-order valence-electron chi connectivity index (χ1n) is 7.03. The molecule has 0 bridgehead atoms. The first-order valence-corrected chi connectivity index (χ1v) is 7.85. The number of likely N-dealkylation sites (tertiary alicyclic amines) is 1. The summed E-state index contributed by atoms with van der Waals surface area (Å²) in [7, 11) is 0. The Kier molecular flexibility index (Phi) is 4.88. The molecule has 0 saturated carbocycles. The second-order valence-electron chi connectivity index (χ2n) is 5.95. The van der Waals surface area contributed by atoms with E-state index in [2.05, 4.69) is 29.0 Å². The highest BCUT2D eigenvalue weighted by Gasteiger charge is 2.38. The molecule has 2 aliphatic rings. The fraction of sp³-hybridized carbons (Fsp3) is 0.786. The van der Waals surface area contributed by atoms with Gasteiger partial charge in [-0.2, -0.15) is 0 Å². The molecule has 0 aromatic carbocycles. The fourth-order valence-corrected chi connectivity index (χ4v) is 4.43. The van der Waals surface area contributed by atoms with Crippen LogP contribution >= 0.6 is 23.7 Å². The van der Waals surface area contributed by atoms with Gasteiger partial charge in [0.2, 0.25) is 0 Å². The predicted octanol–water partition coefficient (Wildman–Crippen LogP) is 2.76. The fourth-order valence-electron chi connectivity index (χ4n) is 3.45. The third-order valence-electron chi connectivity index (χ3n) is 4.55. The summed E-state index contributed by atoms with van der Waals surface area (Å²) in [5, 5.41) is 4.69. The van der Waals surface area contributed by atoms with Crippen LogP contribution < -0.4 is 5.32 Å². The van der Waals surface area contributed by atoms with Crippen LogP contribution in [0.1, 0.15) is 34.8 Å². The Labute approximate surface area is 126 Å². The average Bonchev–Trinajstić information content (AvgIpc) is 2.86. The van der Waals surface area contributed by atoms with E-state index >= 15 is 0 Å². The van der Waals surface area contributed by atoms with Gasteiger partial charge in [0, 0.05) is 18.0 Å².